The van der Waals surface area contributed by atoms with Gasteiger partial charge in [-0.3, -0.25) is 9.78 Å². The van der Waals surface area contributed by atoms with Crippen molar-refractivity contribution in [2.45, 2.75) is 26.3 Å². The summed E-state index contributed by atoms with van der Waals surface area (Å²) in [4.78, 5) is 19.2. The number of hydrogen-bond donors (Lipinski definition) is 1. The van der Waals surface area contributed by atoms with Crippen molar-refractivity contribution in [1.29, 1.82) is 0 Å². The van der Waals surface area contributed by atoms with E-state index < -0.39 is 27.4 Å². The van der Waals surface area contributed by atoms with Gasteiger partial charge in [0.1, 0.15) is 17.3 Å². The molecule has 202 valence electrons. The average molecular weight is 547 g/mol. The fourth-order valence-electron chi connectivity index (χ4n) is 4.18. The molecule has 3 heterocycles. The van der Waals surface area contributed by atoms with Crippen LogP contribution in [0.5, 0.6) is 5.75 Å². The molecule has 0 amide bonds. The van der Waals surface area contributed by atoms with Gasteiger partial charge in [0.25, 0.3) is 10.2 Å². The fourth-order valence-corrected chi connectivity index (χ4v) is 5.35. The topological polar surface area (TPSA) is 110 Å². The molecule has 0 radical (unpaired) electrons. The number of anilines is 1. The van der Waals surface area contributed by atoms with Crippen molar-refractivity contribution in [2.75, 3.05) is 37.7 Å². The van der Waals surface area contributed by atoms with Gasteiger partial charge < -0.3 is 9.64 Å². The molecule has 0 spiro atoms. The number of benzene rings is 1. The highest BCUT2D eigenvalue weighted by Gasteiger charge is 2.39. The molecule has 2 aromatic heterocycles. The van der Waals surface area contributed by atoms with Crippen molar-refractivity contribution < 1.29 is 21.9 Å². The van der Waals surface area contributed by atoms with E-state index in [-0.39, 0.29) is 36.5 Å². The summed E-state index contributed by atoms with van der Waals surface area (Å²) in [5.41, 5.74) is 0.413. The van der Waals surface area contributed by atoms with E-state index in [1.807, 2.05) is 4.90 Å². The van der Waals surface area contributed by atoms with Crippen LogP contribution in [-0.2, 0) is 16.8 Å². The first kappa shape index (κ1) is 26.2. The summed E-state index contributed by atoms with van der Waals surface area (Å²) >= 11 is 0. The molecule has 1 aliphatic heterocycles. The number of pyridine rings is 1. The predicted octanol–water partition coefficient (Wildman–Crippen LogP) is 2.24. The highest BCUT2D eigenvalue weighted by atomic mass is 32.2. The standard InChI is InChI=1S/C25H28F2N6O4S/c1-25(4-5-25)17-37-23-22(16-29-33(24(23)34)21-12-19(26)11-20(27)13-21)31-7-9-32(10-8-31)38(35,36)30-15-18-3-2-6-28-14-18/h2-3,6,11-14,16,30H,4-5,7-10,15,17H2,1H3. The number of halogens is 2. The largest absolute Gasteiger partial charge is 0.486 e. The van der Waals surface area contributed by atoms with Crippen LogP contribution in [0, 0.1) is 17.0 Å². The normalized spacial score (nSPS) is 17.4. The quantitative estimate of drug-likeness (QED) is 0.438. The summed E-state index contributed by atoms with van der Waals surface area (Å²) in [7, 11) is -3.73. The Kier molecular flexibility index (Phi) is 7.16. The molecule has 2 aliphatic rings. The van der Waals surface area contributed by atoms with Gasteiger partial charge in [-0.15, -0.1) is 0 Å². The Morgan fingerprint density at radius 3 is 2.42 bits per heavy atom. The Labute approximate surface area is 219 Å². The molecule has 1 N–H and O–H groups in total. The van der Waals surface area contributed by atoms with Gasteiger partial charge in [-0.1, -0.05) is 13.0 Å². The van der Waals surface area contributed by atoms with Crippen LogP contribution in [-0.4, -0.2) is 60.3 Å². The van der Waals surface area contributed by atoms with Gasteiger partial charge >= 0.3 is 5.56 Å². The van der Waals surface area contributed by atoms with Crippen LogP contribution < -0.4 is 19.9 Å². The molecule has 1 saturated heterocycles. The maximum Gasteiger partial charge on any atom is 0.316 e. The van der Waals surface area contributed by atoms with Gasteiger partial charge in [-0.25, -0.2) is 8.78 Å². The fraction of sp³-hybridized carbons (Fsp3) is 0.400. The molecule has 5 rings (SSSR count). The molecule has 2 fully saturated rings. The van der Waals surface area contributed by atoms with Gasteiger partial charge in [0.2, 0.25) is 5.75 Å². The molecule has 1 aromatic carbocycles. The highest BCUT2D eigenvalue weighted by molar-refractivity contribution is 7.87. The number of aromatic nitrogens is 3. The Morgan fingerprint density at radius 2 is 1.79 bits per heavy atom. The van der Waals surface area contributed by atoms with Crippen LogP contribution in [0.3, 0.4) is 0 Å². The lowest BCUT2D eigenvalue weighted by molar-refractivity contribution is 0.242. The smallest absolute Gasteiger partial charge is 0.316 e. The second-order valence-corrected chi connectivity index (χ2v) is 11.6. The van der Waals surface area contributed by atoms with E-state index in [4.69, 9.17) is 4.74 Å². The van der Waals surface area contributed by atoms with Gasteiger partial charge in [0.05, 0.1) is 18.5 Å². The van der Waals surface area contributed by atoms with Gasteiger partial charge in [0.15, 0.2) is 0 Å². The molecule has 0 unspecified atom stereocenters. The summed E-state index contributed by atoms with van der Waals surface area (Å²) in [6.07, 6.45) is 6.57. The van der Waals surface area contributed by atoms with Crippen LogP contribution >= 0.6 is 0 Å². The molecule has 13 heteroatoms. The van der Waals surface area contributed by atoms with Crippen molar-refractivity contribution in [3.8, 4) is 11.4 Å². The van der Waals surface area contributed by atoms with Crippen molar-refractivity contribution in [3.63, 3.8) is 0 Å². The second-order valence-electron chi connectivity index (χ2n) is 9.88. The first-order valence-corrected chi connectivity index (χ1v) is 13.7. The summed E-state index contributed by atoms with van der Waals surface area (Å²) in [5.74, 6) is -1.65. The molecule has 1 aliphatic carbocycles. The molecule has 0 atom stereocenters. The van der Waals surface area contributed by atoms with E-state index in [2.05, 4.69) is 21.7 Å². The van der Waals surface area contributed by atoms with E-state index in [0.717, 1.165) is 35.2 Å². The van der Waals surface area contributed by atoms with Crippen LogP contribution in [0.15, 0.2) is 53.7 Å². The van der Waals surface area contributed by atoms with Crippen molar-refractivity contribution in [2.24, 2.45) is 5.41 Å². The van der Waals surface area contributed by atoms with Crippen molar-refractivity contribution in [1.82, 2.24) is 23.8 Å². The Morgan fingerprint density at radius 1 is 1.08 bits per heavy atom. The molecule has 38 heavy (non-hydrogen) atoms. The van der Waals surface area contributed by atoms with Crippen LogP contribution in [0.25, 0.3) is 5.69 Å². The zero-order chi connectivity index (χ0) is 26.9. The summed E-state index contributed by atoms with van der Waals surface area (Å²) < 4.78 is 64.1. The van der Waals surface area contributed by atoms with Gasteiger partial charge in [-0.05, 0) is 36.6 Å². The first-order chi connectivity index (χ1) is 18.1. The monoisotopic (exact) mass is 546 g/mol. The SMILES string of the molecule is CC1(COc2c(N3CCN(S(=O)(=O)NCc4cccnc4)CC3)cnn(-c3cc(F)cc(F)c3)c2=O)CC1. The maximum atomic E-state index is 13.8. The third-order valence-corrected chi connectivity index (χ3v) is 8.33. The lowest BCUT2D eigenvalue weighted by Crippen LogP contribution is -2.52. The number of rotatable bonds is 9. The third-order valence-electron chi connectivity index (χ3n) is 6.78. The molecular weight excluding hydrogens is 518 g/mol. The zero-order valence-corrected chi connectivity index (χ0v) is 21.6. The molecule has 10 nitrogen and oxygen atoms in total. The Hall–Kier alpha value is -3.42. The number of ether oxygens (including phenoxy) is 1. The van der Waals surface area contributed by atoms with E-state index in [1.54, 1.807) is 24.5 Å². The Bertz CT molecular complexity index is 1450. The van der Waals surface area contributed by atoms with Crippen LogP contribution in [0.4, 0.5) is 14.5 Å². The first-order valence-electron chi connectivity index (χ1n) is 12.2. The minimum absolute atomic E-state index is 0.0174. The van der Waals surface area contributed by atoms with E-state index in [1.165, 1.54) is 10.5 Å². The second kappa shape index (κ2) is 10.4. The molecule has 1 saturated carbocycles. The number of piperazine rings is 1. The highest BCUT2D eigenvalue weighted by Crippen LogP contribution is 2.45. The lowest BCUT2D eigenvalue weighted by Gasteiger charge is -2.35. The zero-order valence-electron chi connectivity index (χ0n) is 20.8. The van der Waals surface area contributed by atoms with Crippen LogP contribution in [0.1, 0.15) is 25.3 Å². The van der Waals surface area contributed by atoms with Crippen LogP contribution in [0.2, 0.25) is 0 Å². The van der Waals surface area contributed by atoms with E-state index in [9.17, 15) is 22.0 Å². The molecule has 3 aromatic rings. The number of nitrogens with zero attached hydrogens (tertiary/aromatic N) is 5. The van der Waals surface area contributed by atoms with Gasteiger partial charge in [-0.2, -0.15) is 27.2 Å². The minimum Gasteiger partial charge on any atom is -0.486 e. The number of hydrogen-bond acceptors (Lipinski definition) is 7. The average Bonchev–Trinajstić information content (AvgIpc) is 3.64. The van der Waals surface area contributed by atoms with E-state index >= 15 is 0 Å². The maximum absolute atomic E-state index is 13.8. The summed E-state index contributed by atoms with van der Waals surface area (Å²) in [6.45, 7) is 3.42. The van der Waals surface area contributed by atoms with E-state index in [0.29, 0.717) is 31.5 Å². The summed E-state index contributed by atoms with van der Waals surface area (Å²) in [6, 6.07) is 6.27. The van der Waals surface area contributed by atoms with Gasteiger partial charge in [0, 0.05) is 56.6 Å². The minimum atomic E-state index is -3.73. The Balaban J connectivity index is 1.35. The van der Waals surface area contributed by atoms with Crippen molar-refractivity contribution >= 4 is 15.9 Å². The molecule has 0 bridgehead atoms. The van der Waals surface area contributed by atoms with Crippen molar-refractivity contribution in [3.05, 3.63) is 76.5 Å². The third kappa shape index (κ3) is 5.84. The predicted molar refractivity (Wildman–Crippen MR) is 136 cm³/mol. The summed E-state index contributed by atoms with van der Waals surface area (Å²) in [5, 5.41) is 4.16. The number of nitrogens with one attached hydrogen (secondary N) is 1. The molecular formula is C25H28F2N6O4S. The lowest BCUT2D eigenvalue weighted by atomic mass is 10.2.